The van der Waals surface area contributed by atoms with Gasteiger partial charge in [-0.3, -0.25) is 4.79 Å². The van der Waals surface area contributed by atoms with Gasteiger partial charge in [-0.2, -0.15) is 0 Å². The molecule has 2 aromatic rings. The third-order valence-electron chi connectivity index (χ3n) is 1.96. The highest BCUT2D eigenvalue weighted by Crippen LogP contribution is 2.22. The van der Waals surface area contributed by atoms with Gasteiger partial charge < -0.3 is 14.6 Å². The van der Waals surface area contributed by atoms with E-state index in [-0.39, 0.29) is 12.2 Å². The van der Waals surface area contributed by atoms with Crippen molar-refractivity contribution in [1.82, 2.24) is 9.38 Å². The van der Waals surface area contributed by atoms with Crippen LogP contribution in [0.15, 0.2) is 22.9 Å². The Morgan fingerprint density at radius 3 is 3.00 bits per heavy atom. The van der Waals surface area contributed by atoms with Crippen molar-refractivity contribution in [1.29, 1.82) is 0 Å². The molecule has 15 heavy (non-hydrogen) atoms. The lowest BCUT2D eigenvalue weighted by Crippen LogP contribution is -2.04. The van der Waals surface area contributed by atoms with Crippen LogP contribution in [0.5, 0.6) is 5.75 Å². The lowest BCUT2D eigenvalue weighted by molar-refractivity contribution is -0.136. The summed E-state index contributed by atoms with van der Waals surface area (Å²) in [4.78, 5) is 14.6. The summed E-state index contributed by atoms with van der Waals surface area (Å²) in [6.45, 7) is 0. The molecule has 78 valence electrons. The maximum absolute atomic E-state index is 10.6. The van der Waals surface area contributed by atoms with Gasteiger partial charge in [0.15, 0.2) is 0 Å². The fourth-order valence-electron chi connectivity index (χ4n) is 1.36. The number of carboxylic acids is 1. The minimum Gasteiger partial charge on any atom is -0.508 e. The molecule has 6 heteroatoms. The zero-order valence-corrected chi connectivity index (χ0v) is 9.10. The number of nitrogens with zero attached hydrogens (tertiary/aromatic N) is 2. The molecule has 0 aromatic carbocycles. The first-order chi connectivity index (χ1) is 7.08. The number of carbonyl (C=O) groups is 1. The maximum atomic E-state index is 10.6. The molecule has 0 amide bonds. The number of pyridine rings is 1. The average Bonchev–Trinajstić information content (AvgIpc) is 2.42. The van der Waals surface area contributed by atoms with Crippen molar-refractivity contribution in [3.8, 4) is 5.75 Å². The molecule has 0 unspecified atom stereocenters. The van der Waals surface area contributed by atoms with E-state index in [0.29, 0.717) is 15.9 Å². The zero-order valence-electron chi connectivity index (χ0n) is 7.51. The van der Waals surface area contributed by atoms with Crippen LogP contribution in [-0.4, -0.2) is 25.6 Å². The van der Waals surface area contributed by atoms with E-state index in [9.17, 15) is 9.90 Å². The van der Waals surface area contributed by atoms with Gasteiger partial charge in [0.2, 0.25) is 0 Å². The maximum Gasteiger partial charge on any atom is 0.311 e. The monoisotopic (exact) mass is 270 g/mol. The van der Waals surface area contributed by atoms with Crippen LogP contribution < -0.4 is 0 Å². The molecule has 0 radical (unpaired) electrons. The quantitative estimate of drug-likeness (QED) is 0.866. The second-order valence-corrected chi connectivity index (χ2v) is 3.78. The molecule has 2 N–H and O–H groups in total. The predicted octanol–water partition coefficient (Wildman–Crippen LogP) is 1.43. The Morgan fingerprint density at radius 2 is 2.33 bits per heavy atom. The third kappa shape index (κ3) is 1.80. The Bertz CT molecular complexity index is 535. The molecule has 2 rings (SSSR count). The summed E-state index contributed by atoms with van der Waals surface area (Å²) in [6.07, 6.45) is 1.43. The number of hydrogen-bond donors (Lipinski definition) is 2. The number of aliphatic carboxylic acids is 1. The Hall–Kier alpha value is -1.56. The number of hydrogen-bond acceptors (Lipinski definition) is 3. The van der Waals surface area contributed by atoms with Crippen LogP contribution in [0, 0.1) is 0 Å². The molecule has 5 nitrogen and oxygen atoms in total. The highest BCUT2D eigenvalue weighted by Gasteiger charge is 2.12. The average molecular weight is 271 g/mol. The van der Waals surface area contributed by atoms with Gasteiger partial charge in [-0.25, -0.2) is 4.98 Å². The van der Waals surface area contributed by atoms with Gasteiger partial charge in [-0.05, 0) is 22.0 Å². The highest BCUT2D eigenvalue weighted by atomic mass is 79.9. The van der Waals surface area contributed by atoms with E-state index in [0.717, 1.165) is 0 Å². The summed E-state index contributed by atoms with van der Waals surface area (Å²) in [5.74, 6) is -0.406. The second kappa shape index (κ2) is 3.54. The number of aromatic hydroxyl groups is 1. The highest BCUT2D eigenvalue weighted by molar-refractivity contribution is 9.10. The van der Waals surface area contributed by atoms with Gasteiger partial charge in [0.05, 0.1) is 5.52 Å². The first kappa shape index (κ1) is 9.97. The molecule has 0 atom stereocenters. The summed E-state index contributed by atoms with van der Waals surface area (Å²) in [5, 5.41) is 17.9. The van der Waals surface area contributed by atoms with Gasteiger partial charge in [-0.15, -0.1) is 0 Å². The van der Waals surface area contributed by atoms with Crippen LogP contribution in [0.1, 0.15) is 5.82 Å². The first-order valence-corrected chi connectivity index (χ1v) is 4.94. The van der Waals surface area contributed by atoms with Crippen molar-refractivity contribution in [3.05, 3.63) is 28.8 Å². The van der Waals surface area contributed by atoms with E-state index < -0.39 is 5.97 Å². The molecule has 0 aliphatic carbocycles. The SMILES string of the molecule is O=C(O)Cc1nc(Br)c2cc(O)ccn12. The molecule has 0 fully saturated rings. The summed E-state index contributed by atoms with van der Waals surface area (Å²) >= 11 is 3.21. The van der Waals surface area contributed by atoms with Crippen LogP contribution in [0.2, 0.25) is 0 Å². The number of carboxylic acid groups (broad SMARTS) is 1. The first-order valence-electron chi connectivity index (χ1n) is 4.15. The van der Waals surface area contributed by atoms with Crippen LogP contribution >= 0.6 is 15.9 Å². The fourth-order valence-corrected chi connectivity index (χ4v) is 1.87. The summed E-state index contributed by atoms with van der Waals surface area (Å²) in [6, 6.07) is 2.99. The fraction of sp³-hybridized carbons (Fsp3) is 0.111. The lowest BCUT2D eigenvalue weighted by atomic mass is 10.4. The molecule has 0 aliphatic heterocycles. The number of imidazole rings is 1. The Balaban J connectivity index is 2.62. The van der Waals surface area contributed by atoms with Crippen molar-refractivity contribution in [2.45, 2.75) is 6.42 Å². The third-order valence-corrected chi connectivity index (χ3v) is 2.55. The topological polar surface area (TPSA) is 74.8 Å². The molecule has 0 aliphatic rings. The van der Waals surface area contributed by atoms with Crippen molar-refractivity contribution in [3.63, 3.8) is 0 Å². The van der Waals surface area contributed by atoms with E-state index >= 15 is 0 Å². The molecule has 0 spiro atoms. The van der Waals surface area contributed by atoms with Crippen molar-refractivity contribution < 1.29 is 15.0 Å². The largest absolute Gasteiger partial charge is 0.508 e. The van der Waals surface area contributed by atoms with E-state index in [1.165, 1.54) is 12.1 Å². The summed E-state index contributed by atoms with van der Waals surface area (Å²) in [7, 11) is 0. The van der Waals surface area contributed by atoms with E-state index in [2.05, 4.69) is 20.9 Å². The van der Waals surface area contributed by atoms with Gasteiger partial charge in [-0.1, -0.05) is 0 Å². The molecular weight excluding hydrogens is 264 g/mol. The standard InChI is InChI=1S/C9H7BrN2O3/c10-9-6-3-5(13)1-2-12(6)7(11-9)4-8(14)15/h1-3,13H,4H2,(H,14,15). The summed E-state index contributed by atoms with van der Waals surface area (Å²) < 4.78 is 2.15. The van der Waals surface area contributed by atoms with Crippen molar-refractivity contribution in [2.75, 3.05) is 0 Å². The number of fused-ring (bicyclic) bond motifs is 1. The molecule has 0 bridgehead atoms. The normalized spacial score (nSPS) is 10.7. The molecular formula is C9H7BrN2O3. The Kier molecular flexibility index (Phi) is 2.36. The molecule has 0 saturated heterocycles. The number of rotatable bonds is 2. The van der Waals surface area contributed by atoms with Gasteiger partial charge in [0, 0.05) is 12.3 Å². The number of halogens is 1. The van der Waals surface area contributed by atoms with E-state index in [4.69, 9.17) is 5.11 Å². The van der Waals surface area contributed by atoms with Crippen LogP contribution in [-0.2, 0) is 11.2 Å². The van der Waals surface area contributed by atoms with E-state index in [1.807, 2.05) is 0 Å². The smallest absolute Gasteiger partial charge is 0.311 e. The minimum atomic E-state index is -0.942. The van der Waals surface area contributed by atoms with Crippen molar-refractivity contribution >= 4 is 27.4 Å². The Morgan fingerprint density at radius 1 is 1.60 bits per heavy atom. The lowest BCUT2D eigenvalue weighted by Gasteiger charge is -1.98. The Labute approximate surface area is 93.1 Å². The molecule has 2 aromatic heterocycles. The van der Waals surface area contributed by atoms with Crippen LogP contribution in [0.4, 0.5) is 0 Å². The molecule has 2 heterocycles. The predicted molar refractivity (Wildman–Crippen MR) is 55.9 cm³/mol. The summed E-state index contributed by atoms with van der Waals surface area (Å²) in [5.41, 5.74) is 0.645. The molecule has 0 saturated carbocycles. The van der Waals surface area contributed by atoms with Gasteiger partial charge in [0.25, 0.3) is 0 Å². The second-order valence-electron chi connectivity index (χ2n) is 3.03. The van der Waals surface area contributed by atoms with Crippen LogP contribution in [0.3, 0.4) is 0 Å². The van der Waals surface area contributed by atoms with Crippen LogP contribution in [0.25, 0.3) is 5.52 Å². The minimum absolute atomic E-state index is 0.116. The van der Waals surface area contributed by atoms with Gasteiger partial charge >= 0.3 is 5.97 Å². The number of aromatic nitrogens is 2. The zero-order chi connectivity index (χ0) is 11.0. The van der Waals surface area contributed by atoms with Crippen molar-refractivity contribution in [2.24, 2.45) is 0 Å². The van der Waals surface area contributed by atoms with E-state index in [1.54, 1.807) is 10.6 Å². The van der Waals surface area contributed by atoms with Gasteiger partial charge in [0.1, 0.15) is 22.6 Å².